The number of aryl methyl sites for hydroxylation is 1. The summed E-state index contributed by atoms with van der Waals surface area (Å²) >= 11 is 0. The molecule has 4 N–H and O–H groups in total. The van der Waals surface area contributed by atoms with Crippen LogP contribution in [-0.2, 0) is 4.74 Å². The van der Waals surface area contributed by atoms with Gasteiger partial charge in [0.05, 0.1) is 17.9 Å². The van der Waals surface area contributed by atoms with E-state index in [1.54, 1.807) is 13.1 Å². The number of primary amides is 1. The number of hydrogen-bond acceptors (Lipinski definition) is 8. The normalized spacial score (nSPS) is 21.4. The van der Waals surface area contributed by atoms with Crippen molar-refractivity contribution < 1.29 is 19.0 Å². The summed E-state index contributed by atoms with van der Waals surface area (Å²) in [5, 5.41) is 13.2. The molecule has 2 aromatic rings. The second kappa shape index (κ2) is 8.64. The number of aliphatic hydroxyl groups is 1. The maximum absolute atomic E-state index is 14.3. The number of nitrogens with zero attached hydrogens (tertiary/aromatic N) is 4. The van der Waals surface area contributed by atoms with Crippen LogP contribution in [-0.4, -0.2) is 53.6 Å². The fraction of sp³-hybridized carbons (Fsp3) is 0.476. The minimum atomic E-state index is -0.818. The first-order chi connectivity index (χ1) is 14.8. The van der Waals surface area contributed by atoms with E-state index in [1.807, 2.05) is 11.9 Å². The number of carbonyl (C=O) groups is 1. The number of amides is 1. The molecule has 1 saturated carbocycles. The molecular formula is C21H27FN6O3. The zero-order chi connectivity index (χ0) is 22.1. The number of anilines is 4. The highest BCUT2D eigenvalue weighted by Gasteiger charge is 2.31. The van der Waals surface area contributed by atoms with Crippen LogP contribution in [0.5, 0.6) is 0 Å². The molecule has 9 nitrogen and oxygen atoms in total. The molecule has 31 heavy (non-hydrogen) atoms. The summed E-state index contributed by atoms with van der Waals surface area (Å²) in [5.74, 6) is -0.531. The highest BCUT2D eigenvalue weighted by Crippen LogP contribution is 2.35. The van der Waals surface area contributed by atoms with Crippen LogP contribution >= 0.6 is 0 Å². The number of halogens is 1. The van der Waals surface area contributed by atoms with E-state index in [0.29, 0.717) is 42.9 Å². The van der Waals surface area contributed by atoms with Crippen molar-refractivity contribution >= 4 is 29.0 Å². The molecule has 1 aliphatic heterocycles. The van der Waals surface area contributed by atoms with E-state index in [1.165, 1.54) is 12.1 Å². The van der Waals surface area contributed by atoms with E-state index >= 15 is 0 Å². The molecule has 1 aromatic heterocycles. The fourth-order valence-corrected chi connectivity index (χ4v) is 4.14. The van der Waals surface area contributed by atoms with Gasteiger partial charge in [-0.25, -0.2) is 9.37 Å². The van der Waals surface area contributed by atoms with Gasteiger partial charge >= 0.3 is 0 Å². The lowest BCUT2D eigenvalue weighted by Gasteiger charge is -2.36. The Hall–Kier alpha value is -2.98. The Morgan fingerprint density at radius 2 is 2.16 bits per heavy atom. The fourth-order valence-electron chi connectivity index (χ4n) is 4.14. The molecule has 0 spiro atoms. The van der Waals surface area contributed by atoms with Crippen molar-refractivity contribution in [2.24, 2.45) is 5.73 Å². The lowest BCUT2D eigenvalue weighted by Crippen LogP contribution is -2.41. The highest BCUT2D eigenvalue weighted by molar-refractivity contribution is 5.94. The Labute approximate surface area is 180 Å². The molecule has 2 aliphatic rings. The standard InChI is InChI=1S/C21H27FN6O3/c1-12-6-15(19(23)30)16(22)8-17(12)25-21-24-9-18-20(26-21)28(11-31-10-27(18)2)13-4-3-5-14(29)7-13/h6,8-9,13-14,29H,3-5,7,10-11H2,1-2H3,(H2,23,30)(H,24,25,26). The monoisotopic (exact) mass is 430 g/mol. The smallest absolute Gasteiger partial charge is 0.251 e. The van der Waals surface area contributed by atoms with E-state index in [4.69, 9.17) is 15.5 Å². The highest BCUT2D eigenvalue weighted by atomic mass is 19.1. The average molecular weight is 430 g/mol. The number of nitrogens with two attached hydrogens (primary N) is 1. The maximum Gasteiger partial charge on any atom is 0.251 e. The summed E-state index contributed by atoms with van der Waals surface area (Å²) in [6, 6.07) is 2.72. The molecule has 2 heterocycles. The van der Waals surface area contributed by atoms with Crippen molar-refractivity contribution in [2.75, 3.05) is 35.6 Å². The Kier molecular flexibility index (Phi) is 5.92. The van der Waals surface area contributed by atoms with Gasteiger partial charge in [-0.05, 0) is 50.3 Å². The van der Waals surface area contributed by atoms with Crippen molar-refractivity contribution in [3.05, 3.63) is 35.3 Å². The molecule has 1 aliphatic carbocycles. The summed E-state index contributed by atoms with van der Waals surface area (Å²) in [7, 11) is 1.90. The Morgan fingerprint density at radius 1 is 1.35 bits per heavy atom. The molecule has 4 rings (SSSR count). The van der Waals surface area contributed by atoms with Crippen LogP contribution in [0, 0.1) is 12.7 Å². The summed E-state index contributed by atoms with van der Waals surface area (Å²) in [6.07, 6.45) is 4.70. The van der Waals surface area contributed by atoms with Gasteiger partial charge < -0.3 is 30.7 Å². The number of ether oxygens (including phenoxy) is 1. The van der Waals surface area contributed by atoms with Crippen LogP contribution < -0.4 is 20.9 Å². The van der Waals surface area contributed by atoms with Gasteiger partial charge in [0.2, 0.25) is 5.95 Å². The summed E-state index contributed by atoms with van der Waals surface area (Å²) in [6.45, 7) is 2.49. The predicted molar refractivity (Wildman–Crippen MR) is 115 cm³/mol. The first-order valence-corrected chi connectivity index (χ1v) is 10.3. The van der Waals surface area contributed by atoms with Crippen molar-refractivity contribution in [3.63, 3.8) is 0 Å². The number of nitrogens with one attached hydrogen (secondary N) is 1. The number of rotatable bonds is 4. The van der Waals surface area contributed by atoms with E-state index in [9.17, 15) is 14.3 Å². The Bertz CT molecular complexity index is 988. The second-order valence-electron chi connectivity index (χ2n) is 8.14. The minimum absolute atomic E-state index is 0.103. The van der Waals surface area contributed by atoms with Gasteiger partial charge in [0.15, 0.2) is 5.82 Å². The zero-order valence-corrected chi connectivity index (χ0v) is 17.6. The number of hydrogen-bond donors (Lipinski definition) is 3. The third kappa shape index (κ3) is 4.40. The summed E-state index contributed by atoms with van der Waals surface area (Å²) in [5.41, 5.74) is 6.96. The number of fused-ring (bicyclic) bond motifs is 1. The van der Waals surface area contributed by atoms with Crippen molar-refractivity contribution in [2.45, 2.75) is 44.8 Å². The lowest BCUT2D eigenvalue weighted by molar-refractivity contribution is 0.0968. The molecule has 0 saturated heterocycles. The average Bonchev–Trinajstić information content (AvgIpc) is 2.89. The lowest BCUT2D eigenvalue weighted by atomic mass is 9.92. The quantitative estimate of drug-likeness (QED) is 0.676. The topological polar surface area (TPSA) is 117 Å². The molecule has 1 aromatic carbocycles. The Balaban J connectivity index is 1.67. The molecule has 2 atom stereocenters. The van der Waals surface area contributed by atoms with Gasteiger partial charge in [-0.3, -0.25) is 4.79 Å². The maximum atomic E-state index is 14.3. The van der Waals surface area contributed by atoms with Crippen LogP contribution in [0.2, 0.25) is 0 Å². The van der Waals surface area contributed by atoms with Gasteiger partial charge in [-0.1, -0.05) is 0 Å². The first kappa shape index (κ1) is 21.3. The number of aliphatic hydroxyl groups excluding tert-OH is 1. The van der Waals surface area contributed by atoms with Gasteiger partial charge in [-0.15, -0.1) is 0 Å². The number of benzene rings is 1. The van der Waals surface area contributed by atoms with E-state index in [-0.39, 0.29) is 17.7 Å². The third-order valence-corrected chi connectivity index (χ3v) is 5.83. The number of carbonyl (C=O) groups excluding carboxylic acids is 1. The van der Waals surface area contributed by atoms with Gasteiger partial charge in [0, 0.05) is 18.8 Å². The predicted octanol–water partition coefficient (Wildman–Crippen LogP) is 2.26. The van der Waals surface area contributed by atoms with Crippen molar-refractivity contribution in [3.8, 4) is 0 Å². The van der Waals surface area contributed by atoms with Crippen LogP contribution in [0.4, 0.5) is 27.5 Å². The molecule has 166 valence electrons. The molecule has 1 fully saturated rings. The number of aromatic nitrogens is 2. The van der Waals surface area contributed by atoms with E-state index in [2.05, 4.69) is 15.2 Å². The second-order valence-corrected chi connectivity index (χ2v) is 8.14. The minimum Gasteiger partial charge on any atom is -0.393 e. The van der Waals surface area contributed by atoms with Gasteiger partial charge in [-0.2, -0.15) is 4.98 Å². The van der Waals surface area contributed by atoms with Crippen molar-refractivity contribution in [1.29, 1.82) is 0 Å². The van der Waals surface area contributed by atoms with E-state index < -0.39 is 11.7 Å². The largest absolute Gasteiger partial charge is 0.393 e. The van der Waals surface area contributed by atoms with Crippen LogP contribution in [0.25, 0.3) is 0 Å². The molecule has 1 amide bonds. The van der Waals surface area contributed by atoms with Gasteiger partial charge in [0.1, 0.15) is 25.0 Å². The first-order valence-electron chi connectivity index (χ1n) is 10.3. The summed E-state index contributed by atoms with van der Waals surface area (Å²) < 4.78 is 20.1. The molecule has 2 unspecified atom stereocenters. The molecule has 0 radical (unpaired) electrons. The molecule has 0 bridgehead atoms. The van der Waals surface area contributed by atoms with Crippen LogP contribution in [0.1, 0.15) is 41.6 Å². The summed E-state index contributed by atoms with van der Waals surface area (Å²) in [4.78, 5) is 24.5. The van der Waals surface area contributed by atoms with Gasteiger partial charge in [0.25, 0.3) is 5.91 Å². The molecular weight excluding hydrogens is 403 g/mol. The van der Waals surface area contributed by atoms with Crippen LogP contribution in [0.15, 0.2) is 18.3 Å². The van der Waals surface area contributed by atoms with Crippen LogP contribution in [0.3, 0.4) is 0 Å². The Morgan fingerprint density at radius 3 is 2.90 bits per heavy atom. The molecule has 10 heteroatoms. The SMILES string of the molecule is Cc1cc(C(N)=O)c(F)cc1Nc1ncc2c(n1)N(C1CCCC(O)C1)COCN2C. The zero-order valence-electron chi connectivity index (χ0n) is 17.6. The van der Waals surface area contributed by atoms with Crippen molar-refractivity contribution in [1.82, 2.24) is 9.97 Å². The van der Waals surface area contributed by atoms with E-state index in [0.717, 1.165) is 24.9 Å². The third-order valence-electron chi connectivity index (χ3n) is 5.83.